The Labute approximate surface area is 85.4 Å². The maximum atomic E-state index is 9.15. The van der Waals surface area contributed by atoms with Gasteiger partial charge in [0.15, 0.2) is 0 Å². The highest BCUT2D eigenvalue weighted by Crippen LogP contribution is 2.24. The highest BCUT2D eigenvalue weighted by molar-refractivity contribution is 5.33. The van der Waals surface area contributed by atoms with Crippen molar-refractivity contribution in [2.45, 2.75) is 19.8 Å². The van der Waals surface area contributed by atoms with Crippen molar-refractivity contribution in [3.8, 4) is 5.75 Å². The van der Waals surface area contributed by atoms with Gasteiger partial charge in [-0.3, -0.25) is 0 Å². The van der Waals surface area contributed by atoms with Crippen LogP contribution >= 0.6 is 0 Å². The molecule has 1 aromatic rings. The Morgan fingerprint density at radius 2 is 1.93 bits per heavy atom. The van der Waals surface area contributed by atoms with Crippen LogP contribution in [0, 0.1) is 0 Å². The van der Waals surface area contributed by atoms with E-state index in [-0.39, 0.29) is 0 Å². The van der Waals surface area contributed by atoms with Crippen LogP contribution in [0.1, 0.15) is 25.3 Å². The van der Waals surface area contributed by atoms with Gasteiger partial charge in [0, 0.05) is 5.92 Å². The van der Waals surface area contributed by atoms with Gasteiger partial charge in [0.05, 0.1) is 0 Å². The minimum atomic E-state index is 0.311. The molecule has 74 valence electrons. The molecule has 0 spiro atoms. The Balaban J connectivity index is 2.89. The summed E-state index contributed by atoms with van der Waals surface area (Å²) in [5, 5.41) is 9.15. The van der Waals surface area contributed by atoms with E-state index in [2.05, 4.69) is 20.4 Å². The Morgan fingerprint density at radius 3 is 2.43 bits per heavy atom. The molecular weight excluding hydrogens is 172 g/mol. The molecule has 0 aliphatic rings. The van der Waals surface area contributed by atoms with Gasteiger partial charge in [0.25, 0.3) is 0 Å². The molecule has 0 saturated heterocycles. The van der Waals surface area contributed by atoms with Crippen LogP contribution in [0.25, 0.3) is 0 Å². The first-order valence-electron chi connectivity index (χ1n) is 4.73. The van der Waals surface area contributed by atoms with Crippen LogP contribution in [0.3, 0.4) is 0 Å². The minimum absolute atomic E-state index is 0.311. The van der Waals surface area contributed by atoms with Crippen molar-refractivity contribution < 1.29 is 5.11 Å². The molecule has 0 heterocycles. The van der Waals surface area contributed by atoms with Crippen molar-refractivity contribution in [2.75, 3.05) is 0 Å². The van der Waals surface area contributed by atoms with Crippen LogP contribution in [0.5, 0.6) is 5.75 Å². The molecule has 0 aliphatic heterocycles. The third kappa shape index (κ3) is 2.49. The molecule has 0 aliphatic carbocycles. The van der Waals surface area contributed by atoms with Crippen molar-refractivity contribution in [1.82, 2.24) is 0 Å². The average Bonchev–Trinajstić information content (AvgIpc) is 2.18. The van der Waals surface area contributed by atoms with Gasteiger partial charge >= 0.3 is 0 Å². The fourth-order valence-electron chi connectivity index (χ4n) is 1.36. The van der Waals surface area contributed by atoms with Crippen LogP contribution in [0.15, 0.2) is 48.6 Å². The van der Waals surface area contributed by atoms with Crippen LogP contribution in [0.4, 0.5) is 0 Å². The first-order chi connectivity index (χ1) is 6.65. The second-order valence-corrected chi connectivity index (χ2v) is 3.46. The number of allylic oxidation sites excluding steroid dienone is 3. The lowest BCUT2D eigenvalue weighted by molar-refractivity contribution is 0.475. The van der Waals surface area contributed by atoms with Crippen LogP contribution < -0.4 is 0 Å². The summed E-state index contributed by atoms with van der Waals surface area (Å²) in [7, 11) is 0. The minimum Gasteiger partial charge on any atom is -0.508 e. The monoisotopic (exact) mass is 188 g/mol. The summed E-state index contributed by atoms with van der Waals surface area (Å²) >= 11 is 0. The number of phenolic OH excluding ortho intramolecular Hbond substituents is 1. The van der Waals surface area contributed by atoms with Crippen molar-refractivity contribution in [2.24, 2.45) is 0 Å². The molecule has 0 saturated carbocycles. The molecule has 0 amide bonds. The average molecular weight is 188 g/mol. The Hall–Kier alpha value is -1.50. The van der Waals surface area contributed by atoms with Gasteiger partial charge in [0.1, 0.15) is 5.75 Å². The van der Waals surface area contributed by atoms with Gasteiger partial charge < -0.3 is 5.11 Å². The number of benzene rings is 1. The van der Waals surface area contributed by atoms with E-state index in [1.807, 2.05) is 18.2 Å². The zero-order chi connectivity index (χ0) is 10.6. The molecule has 0 aromatic heterocycles. The first-order valence-corrected chi connectivity index (χ1v) is 4.73. The summed E-state index contributed by atoms with van der Waals surface area (Å²) in [4.78, 5) is 0. The Bertz CT molecular complexity index is 333. The predicted molar refractivity (Wildman–Crippen MR) is 60.5 cm³/mol. The largest absolute Gasteiger partial charge is 0.508 e. The third-order valence-electron chi connectivity index (χ3n) is 2.46. The molecule has 1 N–H and O–H groups in total. The van der Waals surface area contributed by atoms with Gasteiger partial charge in [-0.2, -0.15) is 0 Å². The lowest BCUT2D eigenvalue weighted by Crippen LogP contribution is -1.94. The maximum Gasteiger partial charge on any atom is 0.115 e. The molecular formula is C13H16O. The van der Waals surface area contributed by atoms with E-state index in [1.54, 1.807) is 18.2 Å². The highest BCUT2D eigenvalue weighted by atomic mass is 16.3. The van der Waals surface area contributed by atoms with Gasteiger partial charge in [0.2, 0.25) is 0 Å². The lowest BCUT2D eigenvalue weighted by atomic mass is 9.94. The molecule has 1 aromatic carbocycles. The second-order valence-electron chi connectivity index (χ2n) is 3.46. The summed E-state index contributed by atoms with van der Waals surface area (Å²) in [6.07, 6.45) is 3.81. The van der Waals surface area contributed by atoms with E-state index in [0.29, 0.717) is 11.7 Å². The summed E-state index contributed by atoms with van der Waals surface area (Å²) in [6.45, 7) is 7.90. The molecule has 1 rings (SSSR count). The topological polar surface area (TPSA) is 20.2 Å². The quantitative estimate of drug-likeness (QED) is 0.718. The van der Waals surface area contributed by atoms with Gasteiger partial charge in [-0.05, 0) is 24.6 Å². The van der Waals surface area contributed by atoms with E-state index in [9.17, 15) is 0 Å². The predicted octanol–water partition coefficient (Wildman–Crippen LogP) is 3.63. The van der Waals surface area contributed by atoms with Crippen molar-refractivity contribution in [3.05, 3.63) is 54.1 Å². The summed E-state index contributed by atoms with van der Waals surface area (Å²) in [5.74, 6) is 0.680. The molecule has 1 heteroatoms. The SMILES string of the molecule is C=C/C=C(\C)[C@@H](C)c1ccc(O)cc1. The summed E-state index contributed by atoms with van der Waals surface area (Å²) in [5.41, 5.74) is 2.48. The van der Waals surface area contributed by atoms with E-state index in [4.69, 9.17) is 5.11 Å². The fourth-order valence-corrected chi connectivity index (χ4v) is 1.36. The van der Waals surface area contributed by atoms with E-state index in [1.165, 1.54) is 11.1 Å². The zero-order valence-electron chi connectivity index (χ0n) is 8.70. The van der Waals surface area contributed by atoms with Crippen molar-refractivity contribution >= 4 is 0 Å². The van der Waals surface area contributed by atoms with Gasteiger partial charge in [-0.1, -0.05) is 43.4 Å². The maximum absolute atomic E-state index is 9.15. The standard InChI is InChI=1S/C13H16O/c1-4-5-10(2)11(3)12-6-8-13(14)9-7-12/h4-9,11,14H,1H2,2-3H3/b10-5+/t11-/m1/s1. The summed E-state index contributed by atoms with van der Waals surface area (Å²) in [6, 6.07) is 7.32. The lowest BCUT2D eigenvalue weighted by Gasteiger charge is -2.12. The van der Waals surface area contributed by atoms with E-state index >= 15 is 0 Å². The molecule has 1 nitrogen and oxygen atoms in total. The molecule has 14 heavy (non-hydrogen) atoms. The number of phenols is 1. The fraction of sp³-hybridized carbons (Fsp3) is 0.231. The van der Waals surface area contributed by atoms with Gasteiger partial charge in [-0.25, -0.2) is 0 Å². The molecule has 0 fully saturated rings. The zero-order valence-corrected chi connectivity index (χ0v) is 8.70. The molecule has 0 bridgehead atoms. The van der Waals surface area contributed by atoms with Crippen molar-refractivity contribution in [1.29, 1.82) is 0 Å². The number of aromatic hydroxyl groups is 1. The molecule has 0 unspecified atom stereocenters. The van der Waals surface area contributed by atoms with Gasteiger partial charge in [-0.15, -0.1) is 0 Å². The smallest absolute Gasteiger partial charge is 0.115 e. The Morgan fingerprint density at radius 1 is 1.36 bits per heavy atom. The molecule has 0 radical (unpaired) electrons. The van der Waals surface area contributed by atoms with E-state index in [0.717, 1.165) is 0 Å². The second kappa shape index (κ2) is 4.66. The summed E-state index contributed by atoms with van der Waals surface area (Å²) < 4.78 is 0. The molecule has 1 atom stereocenters. The van der Waals surface area contributed by atoms with Crippen molar-refractivity contribution in [3.63, 3.8) is 0 Å². The highest BCUT2D eigenvalue weighted by Gasteiger charge is 2.06. The van der Waals surface area contributed by atoms with E-state index < -0.39 is 0 Å². The Kier molecular flexibility index (Phi) is 3.52. The van der Waals surface area contributed by atoms with Crippen LogP contribution in [-0.2, 0) is 0 Å². The number of hydrogen-bond acceptors (Lipinski definition) is 1. The third-order valence-corrected chi connectivity index (χ3v) is 2.46. The number of rotatable bonds is 3. The van der Waals surface area contributed by atoms with Crippen LogP contribution in [-0.4, -0.2) is 5.11 Å². The number of hydrogen-bond donors (Lipinski definition) is 1. The van der Waals surface area contributed by atoms with Crippen LogP contribution in [0.2, 0.25) is 0 Å². The first kappa shape index (κ1) is 10.6. The normalized spacial score (nSPS) is 13.7.